The van der Waals surface area contributed by atoms with Gasteiger partial charge in [-0.2, -0.15) is 0 Å². The molecule has 0 radical (unpaired) electrons. The van der Waals surface area contributed by atoms with Crippen molar-refractivity contribution in [2.24, 2.45) is 5.41 Å². The first-order valence-corrected chi connectivity index (χ1v) is 8.44. The van der Waals surface area contributed by atoms with Crippen LogP contribution in [0.3, 0.4) is 0 Å². The minimum absolute atomic E-state index is 0.0436. The van der Waals surface area contributed by atoms with Gasteiger partial charge in [0.2, 0.25) is 0 Å². The summed E-state index contributed by atoms with van der Waals surface area (Å²) in [7, 11) is 0. The van der Waals surface area contributed by atoms with Crippen LogP contribution in [0.1, 0.15) is 18.5 Å². The summed E-state index contributed by atoms with van der Waals surface area (Å²) in [5.41, 5.74) is 1.89. The van der Waals surface area contributed by atoms with E-state index in [1.807, 2.05) is 18.2 Å². The van der Waals surface area contributed by atoms with Gasteiger partial charge in [0.25, 0.3) is 0 Å². The van der Waals surface area contributed by atoms with Crippen LogP contribution in [-0.4, -0.2) is 41.4 Å². The standard InChI is InChI=1S/C16H21N3O2S/c20-12-16(4-7-21-8-5-16)11-17-9-13-10-22-15(19-13)14-3-1-2-6-18-14/h1-3,6,10,17,20H,4-5,7-9,11-12H2. The number of nitrogens with zero attached hydrogens (tertiary/aromatic N) is 2. The summed E-state index contributed by atoms with van der Waals surface area (Å²) in [5.74, 6) is 0. The van der Waals surface area contributed by atoms with Crippen LogP contribution in [0, 0.1) is 5.41 Å². The molecule has 0 bridgehead atoms. The van der Waals surface area contributed by atoms with Crippen LogP contribution >= 0.6 is 11.3 Å². The maximum atomic E-state index is 9.67. The van der Waals surface area contributed by atoms with Crippen molar-refractivity contribution in [2.45, 2.75) is 19.4 Å². The monoisotopic (exact) mass is 319 g/mol. The number of rotatable bonds is 6. The molecular formula is C16H21N3O2S. The summed E-state index contributed by atoms with van der Waals surface area (Å²) in [5, 5.41) is 16.1. The second-order valence-electron chi connectivity index (χ2n) is 5.73. The van der Waals surface area contributed by atoms with Gasteiger partial charge < -0.3 is 15.2 Å². The second kappa shape index (κ2) is 7.28. The fraction of sp³-hybridized carbons (Fsp3) is 0.500. The van der Waals surface area contributed by atoms with Gasteiger partial charge in [-0.1, -0.05) is 6.07 Å². The highest BCUT2D eigenvalue weighted by molar-refractivity contribution is 7.13. The van der Waals surface area contributed by atoms with Crippen LogP contribution in [0.5, 0.6) is 0 Å². The predicted molar refractivity (Wildman–Crippen MR) is 86.6 cm³/mol. The van der Waals surface area contributed by atoms with Crippen molar-refractivity contribution >= 4 is 11.3 Å². The molecule has 1 aliphatic heterocycles. The van der Waals surface area contributed by atoms with Crippen molar-refractivity contribution in [3.8, 4) is 10.7 Å². The van der Waals surface area contributed by atoms with E-state index < -0.39 is 0 Å². The summed E-state index contributed by atoms with van der Waals surface area (Å²) >= 11 is 1.61. The Hall–Kier alpha value is -1.34. The Morgan fingerprint density at radius 3 is 2.91 bits per heavy atom. The molecule has 0 spiro atoms. The highest BCUT2D eigenvalue weighted by atomic mass is 32.1. The van der Waals surface area contributed by atoms with Gasteiger partial charge in [0.15, 0.2) is 0 Å². The second-order valence-corrected chi connectivity index (χ2v) is 6.59. The summed E-state index contributed by atoms with van der Waals surface area (Å²) in [6, 6.07) is 5.85. The zero-order valence-corrected chi connectivity index (χ0v) is 13.3. The molecule has 0 unspecified atom stereocenters. The zero-order chi connectivity index (χ0) is 15.3. The Morgan fingerprint density at radius 2 is 2.18 bits per heavy atom. The van der Waals surface area contributed by atoms with E-state index in [0.29, 0.717) is 6.54 Å². The Kier molecular flexibility index (Phi) is 5.15. The van der Waals surface area contributed by atoms with Gasteiger partial charge in [-0.3, -0.25) is 4.98 Å². The number of aliphatic hydroxyl groups excluding tert-OH is 1. The number of aromatic nitrogens is 2. The highest BCUT2D eigenvalue weighted by Crippen LogP contribution is 2.29. The van der Waals surface area contributed by atoms with Crippen LogP contribution < -0.4 is 5.32 Å². The van der Waals surface area contributed by atoms with E-state index in [1.165, 1.54) is 0 Å². The number of ether oxygens (including phenoxy) is 1. The third-order valence-corrected chi connectivity index (χ3v) is 5.04. The minimum Gasteiger partial charge on any atom is -0.396 e. The van der Waals surface area contributed by atoms with Crippen LogP contribution in [-0.2, 0) is 11.3 Å². The average Bonchev–Trinajstić information content (AvgIpc) is 3.05. The molecule has 0 amide bonds. The Morgan fingerprint density at radius 1 is 1.32 bits per heavy atom. The number of aliphatic hydroxyl groups is 1. The van der Waals surface area contributed by atoms with Crippen LogP contribution in [0.25, 0.3) is 10.7 Å². The van der Waals surface area contributed by atoms with E-state index >= 15 is 0 Å². The molecule has 2 aromatic rings. The summed E-state index contributed by atoms with van der Waals surface area (Å²) < 4.78 is 5.39. The van der Waals surface area contributed by atoms with E-state index in [-0.39, 0.29) is 12.0 Å². The average molecular weight is 319 g/mol. The Bertz CT molecular complexity index is 582. The summed E-state index contributed by atoms with van der Waals surface area (Å²) in [4.78, 5) is 8.94. The number of hydrogen-bond acceptors (Lipinski definition) is 6. The molecule has 3 rings (SSSR count). The van der Waals surface area contributed by atoms with Crippen molar-refractivity contribution in [2.75, 3.05) is 26.4 Å². The smallest absolute Gasteiger partial charge is 0.142 e. The first-order valence-electron chi connectivity index (χ1n) is 7.56. The molecule has 6 heteroatoms. The molecule has 5 nitrogen and oxygen atoms in total. The lowest BCUT2D eigenvalue weighted by Crippen LogP contribution is -2.41. The van der Waals surface area contributed by atoms with Crippen LogP contribution in [0.4, 0.5) is 0 Å². The Balaban J connectivity index is 1.55. The number of pyridine rings is 1. The first kappa shape index (κ1) is 15.6. The number of hydrogen-bond donors (Lipinski definition) is 2. The van der Waals surface area contributed by atoms with Crippen LogP contribution in [0.2, 0.25) is 0 Å². The molecule has 1 aliphatic rings. The van der Waals surface area contributed by atoms with E-state index in [9.17, 15) is 5.11 Å². The molecule has 118 valence electrons. The lowest BCUT2D eigenvalue weighted by Gasteiger charge is -2.35. The van der Waals surface area contributed by atoms with E-state index in [4.69, 9.17) is 4.74 Å². The van der Waals surface area contributed by atoms with Gasteiger partial charge in [-0.25, -0.2) is 4.98 Å². The van der Waals surface area contributed by atoms with Crippen molar-refractivity contribution < 1.29 is 9.84 Å². The molecule has 0 saturated carbocycles. The molecule has 2 N–H and O–H groups in total. The third kappa shape index (κ3) is 3.70. The quantitative estimate of drug-likeness (QED) is 0.853. The van der Waals surface area contributed by atoms with Crippen molar-refractivity contribution in [3.05, 3.63) is 35.5 Å². The first-order chi connectivity index (χ1) is 10.8. The summed E-state index contributed by atoms with van der Waals surface area (Å²) in [6.45, 7) is 3.19. The van der Waals surface area contributed by atoms with Gasteiger partial charge in [0.1, 0.15) is 5.01 Å². The number of thiazole rings is 1. The molecule has 3 heterocycles. The minimum atomic E-state index is -0.0436. The normalized spacial score (nSPS) is 17.5. The molecule has 2 aromatic heterocycles. The van der Waals surface area contributed by atoms with Gasteiger partial charge in [0.05, 0.1) is 18.0 Å². The van der Waals surface area contributed by atoms with E-state index in [0.717, 1.165) is 49.0 Å². The van der Waals surface area contributed by atoms with Crippen LogP contribution in [0.15, 0.2) is 29.8 Å². The molecular weight excluding hydrogens is 298 g/mol. The fourth-order valence-electron chi connectivity index (χ4n) is 2.65. The van der Waals surface area contributed by atoms with Gasteiger partial charge in [0, 0.05) is 43.3 Å². The van der Waals surface area contributed by atoms with Crippen molar-refractivity contribution in [1.29, 1.82) is 0 Å². The fourth-order valence-corrected chi connectivity index (χ4v) is 3.44. The van der Waals surface area contributed by atoms with E-state index in [1.54, 1.807) is 17.5 Å². The highest BCUT2D eigenvalue weighted by Gasteiger charge is 2.31. The lowest BCUT2D eigenvalue weighted by molar-refractivity contribution is -0.0154. The van der Waals surface area contributed by atoms with Gasteiger partial charge in [-0.15, -0.1) is 11.3 Å². The lowest BCUT2D eigenvalue weighted by atomic mass is 9.81. The largest absolute Gasteiger partial charge is 0.396 e. The van der Waals surface area contributed by atoms with Gasteiger partial charge in [-0.05, 0) is 25.0 Å². The summed E-state index contributed by atoms with van der Waals surface area (Å²) in [6.07, 6.45) is 3.60. The topological polar surface area (TPSA) is 67.3 Å². The molecule has 0 aromatic carbocycles. The van der Waals surface area contributed by atoms with Gasteiger partial charge >= 0.3 is 0 Å². The molecule has 1 fully saturated rings. The predicted octanol–water partition coefficient (Wildman–Crippen LogP) is 2.08. The zero-order valence-electron chi connectivity index (χ0n) is 12.5. The maximum Gasteiger partial charge on any atom is 0.142 e. The van der Waals surface area contributed by atoms with Crippen molar-refractivity contribution in [3.63, 3.8) is 0 Å². The third-order valence-electron chi connectivity index (χ3n) is 4.13. The molecule has 22 heavy (non-hydrogen) atoms. The molecule has 1 saturated heterocycles. The Labute approximate surface area is 134 Å². The molecule has 0 aliphatic carbocycles. The SMILES string of the molecule is OCC1(CNCc2csc(-c3ccccn3)n2)CCOCC1. The number of nitrogens with one attached hydrogen (secondary N) is 1. The maximum absolute atomic E-state index is 9.67. The van der Waals surface area contributed by atoms with E-state index in [2.05, 4.69) is 20.7 Å². The van der Waals surface area contributed by atoms with Crippen molar-refractivity contribution in [1.82, 2.24) is 15.3 Å². The molecule has 0 atom stereocenters.